The normalized spacial score (nSPS) is 11.4. The lowest BCUT2D eigenvalue weighted by atomic mass is 10.2. The second kappa shape index (κ2) is 5.47. The van der Waals surface area contributed by atoms with Crippen molar-refractivity contribution in [1.82, 2.24) is 9.55 Å². The van der Waals surface area contributed by atoms with Crippen LogP contribution in [0, 0.1) is 6.92 Å². The van der Waals surface area contributed by atoms with Gasteiger partial charge in [0, 0.05) is 6.54 Å². The van der Waals surface area contributed by atoms with E-state index >= 15 is 0 Å². The zero-order valence-corrected chi connectivity index (χ0v) is 10.9. The van der Waals surface area contributed by atoms with Crippen molar-refractivity contribution in [2.75, 3.05) is 0 Å². The molecule has 0 aliphatic heterocycles. The van der Waals surface area contributed by atoms with E-state index in [0.717, 1.165) is 0 Å². The number of rotatable bonds is 4. The van der Waals surface area contributed by atoms with Crippen LogP contribution in [0.2, 0.25) is 0 Å². The Morgan fingerprint density at radius 2 is 1.95 bits per heavy atom. The average molecular weight is 300 g/mol. The van der Waals surface area contributed by atoms with E-state index in [1.54, 1.807) is 6.92 Å². The summed E-state index contributed by atoms with van der Waals surface area (Å²) in [5, 5.41) is 9.02. The van der Waals surface area contributed by atoms with E-state index in [4.69, 9.17) is 5.11 Å². The van der Waals surface area contributed by atoms with Gasteiger partial charge in [0.15, 0.2) is 0 Å². The number of halogens is 3. The first-order valence-corrected chi connectivity index (χ1v) is 5.86. The van der Waals surface area contributed by atoms with Gasteiger partial charge < -0.3 is 14.4 Å². The third-order valence-corrected chi connectivity index (χ3v) is 2.77. The molecule has 1 aromatic carbocycles. The lowest BCUT2D eigenvalue weighted by Gasteiger charge is -2.11. The van der Waals surface area contributed by atoms with Crippen LogP contribution in [0.1, 0.15) is 21.9 Å². The minimum Gasteiger partial charge on any atom is -0.477 e. The Kier molecular flexibility index (Phi) is 3.88. The molecular formula is C13H11F3N2O3. The number of aromatic nitrogens is 2. The van der Waals surface area contributed by atoms with Crippen molar-refractivity contribution in [3.05, 3.63) is 47.5 Å². The molecule has 112 valence electrons. The Bertz CT molecular complexity index is 648. The molecule has 1 heterocycles. The van der Waals surface area contributed by atoms with Gasteiger partial charge in [0.05, 0.1) is 6.20 Å². The maximum absolute atomic E-state index is 12.0. The maximum Gasteiger partial charge on any atom is 0.573 e. The Hall–Kier alpha value is -2.51. The van der Waals surface area contributed by atoms with E-state index in [0.29, 0.717) is 11.4 Å². The van der Waals surface area contributed by atoms with E-state index in [1.807, 2.05) is 0 Å². The smallest absolute Gasteiger partial charge is 0.477 e. The maximum atomic E-state index is 12.0. The van der Waals surface area contributed by atoms with Gasteiger partial charge in [-0.2, -0.15) is 0 Å². The molecular weight excluding hydrogens is 289 g/mol. The minimum atomic E-state index is -4.74. The number of imidazole rings is 1. The molecule has 0 aliphatic rings. The van der Waals surface area contributed by atoms with Crippen LogP contribution in [0.15, 0.2) is 30.5 Å². The molecule has 0 aliphatic carbocycles. The summed E-state index contributed by atoms with van der Waals surface area (Å²) in [6.07, 6.45) is -3.50. The Morgan fingerprint density at radius 3 is 2.48 bits per heavy atom. The highest BCUT2D eigenvalue weighted by atomic mass is 19.4. The number of hydrogen-bond donors (Lipinski definition) is 1. The fraction of sp³-hybridized carbons (Fsp3) is 0.231. The van der Waals surface area contributed by atoms with Crippen molar-refractivity contribution in [2.45, 2.75) is 19.8 Å². The fourth-order valence-corrected chi connectivity index (χ4v) is 1.82. The minimum absolute atomic E-state index is 0.0168. The van der Waals surface area contributed by atoms with Crippen molar-refractivity contribution >= 4 is 5.97 Å². The van der Waals surface area contributed by atoms with Gasteiger partial charge in [0.1, 0.15) is 17.3 Å². The highest BCUT2D eigenvalue weighted by molar-refractivity contribution is 5.85. The van der Waals surface area contributed by atoms with Gasteiger partial charge in [-0.1, -0.05) is 12.1 Å². The van der Waals surface area contributed by atoms with Crippen LogP contribution in [0.25, 0.3) is 0 Å². The SMILES string of the molecule is Cc1ncc(C(=O)O)n1Cc1ccc(OC(F)(F)F)cc1. The van der Waals surface area contributed by atoms with Crippen molar-refractivity contribution in [3.8, 4) is 5.75 Å². The second-order valence-electron chi connectivity index (χ2n) is 4.27. The molecule has 8 heteroatoms. The highest BCUT2D eigenvalue weighted by Crippen LogP contribution is 2.23. The van der Waals surface area contributed by atoms with Crippen LogP contribution in [0.5, 0.6) is 5.75 Å². The average Bonchev–Trinajstić information content (AvgIpc) is 2.72. The van der Waals surface area contributed by atoms with Crippen molar-refractivity contribution in [3.63, 3.8) is 0 Å². The first-order chi connectivity index (χ1) is 9.76. The number of aromatic carboxylic acids is 1. The first kappa shape index (κ1) is 14.9. The summed E-state index contributed by atoms with van der Waals surface area (Å²) in [5.74, 6) is -0.942. The Morgan fingerprint density at radius 1 is 1.33 bits per heavy atom. The summed E-state index contributed by atoms with van der Waals surface area (Å²) in [6.45, 7) is 1.84. The molecule has 21 heavy (non-hydrogen) atoms. The monoisotopic (exact) mass is 300 g/mol. The van der Waals surface area contributed by atoms with E-state index in [-0.39, 0.29) is 18.0 Å². The summed E-state index contributed by atoms with van der Waals surface area (Å²) < 4.78 is 41.4. The van der Waals surface area contributed by atoms with E-state index in [2.05, 4.69) is 9.72 Å². The lowest BCUT2D eigenvalue weighted by molar-refractivity contribution is -0.274. The van der Waals surface area contributed by atoms with Gasteiger partial charge in [-0.05, 0) is 24.6 Å². The van der Waals surface area contributed by atoms with Gasteiger partial charge in [-0.15, -0.1) is 13.2 Å². The number of nitrogens with zero attached hydrogens (tertiary/aromatic N) is 2. The summed E-state index contributed by atoms with van der Waals surface area (Å²) in [6, 6.07) is 5.23. The summed E-state index contributed by atoms with van der Waals surface area (Å²) >= 11 is 0. The first-order valence-electron chi connectivity index (χ1n) is 5.86. The second-order valence-corrected chi connectivity index (χ2v) is 4.27. The highest BCUT2D eigenvalue weighted by Gasteiger charge is 2.30. The molecule has 0 saturated carbocycles. The number of ether oxygens (including phenoxy) is 1. The molecule has 1 N–H and O–H groups in total. The van der Waals surface area contributed by atoms with Gasteiger partial charge >= 0.3 is 12.3 Å². The molecule has 0 spiro atoms. The van der Waals surface area contributed by atoms with Crippen molar-refractivity contribution < 1.29 is 27.8 Å². The van der Waals surface area contributed by atoms with E-state index < -0.39 is 12.3 Å². The van der Waals surface area contributed by atoms with Crippen molar-refractivity contribution in [1.29, 1.82) is 0 Å². The molecule has 2 rings (SSSR count). The number of carbonyl (C=O) groups is 1. The van der Waals surface area contributed by atoms with Gasteiger partial charge in [-0.25, -0.2) is 9.78 Å². The summed E-state index contributed by atoms with van der Waals surface area (Å²) in [7, 11) is 0. The van der Waals surface area contributed by atoms with Gasteiger partial charge in [0.25, 0.3) is 0 Å². The van der Waals surface area contributed by atoms with Crippen LogP contribution in [-0.4, -0.2) is 27.0 Å². The number of aryl methyl sites for hydroxylation is 1. The molecule has 0 unspecified atom stereocenters. The number of alkyl halides is 3. The van der Waals surface area contributed by atoms with E-state index in [9.17, 15) is 18.0 Å². The zero-order chi connectivity index (χ0) is 15.6. The van der Waals surface area contributed by atoms with Crippen LogP contribution < -0.4 is 4.74 Å². The molecule has 0 amide bonds. The van der Waals surface area contributed by atoms with Crippen LogP contribution in [0.4, 0.5) is 13.2 Å². The van der Waals surface area contributed by atoms with E-state index in [1.165, 1.54) is 35.0 Å². The molecule has 2 aromatic rings. The molecule has 5 nitrogen and oxygen atoms in total. The summed E-state index contributed by atoms with van der Waals surface area (Å²) in [4.78, 5) is 14.9. The Balaban J connectivity index is 2.18. The zero-order valence-electron chi connectivity index (χ0n) is 10.9. The number of carboxylic acids is 1. The predicted octanol–water partition coefficient (Wildman–Crippen LogP) is 2.84. The van der Waals surface area contributed by atoms with Crippen molar-refractivity contribution in [2.24, 2.45) is 0 Å². The number of carboxylic acid groups (broad SMARTS) is 1. The van der Waals surface area contributed by atoms with Crippen LogP contribution in [0.3, 0.4) is 0 Å². The molecule has 0 atom stereocenters. The summed E-state index contributed by atoms with van der Waals surface area (Å²) in [5.41, 5.74) is 0.649. The molecule has 0 fully saturated rings. The number of hydrogen-bond acceptors (Lipinski definition) is 3. The van der Waals surface area contributed by atoms with Crippen LogP contribution >= 0.6 is 0 Å². The van der Waals surface area contributed by atoms with Crippen LogP contribution in [-0.2, 0) is 6.54 Å². The fourth-order valence-electron chi connectivity index (χ4n) is 1.82. The molecule has 0 saturated heterocycles. The third-order valence-electron chi connectivity index (χ3n) is 2.77. The topological polar surface area (TPSA) is 64.3 Å². The molecule has 0 bridgehead atoms. The third kappa shape index (κ3) is 3.74. The lowest BCUT2D eigenvalue weighted by Crippen LogP contribution is -2.17. The largest absolute Gasteiger partial charge is 0.573 e. The quantitative estimate of drug-likeness (QED) is 0.943. The Labute approximate surface area is 117 Å². The van der Waals surface area contributed by atoms with Gasteiger partial charge in [0.2, 0.25) is 0 Å². The number of benzene rings is 1. The molecule has 0 radical (unpaired) electrons. The molecule has 1 aromatic heterocycles. The predicted molar refractivity (Wildman–Crippen MR) is 66.2 cm³/mol. The standard InChI is InChI=1S/C13H11F3N2O3/c1-8-17-6-11(12(19)20)18(8)7-9-2-4-10(5-3-9)21-13(14,15)16/h2-6H,7H2,1H3,(H,19,20). The van der Waals surface area contributed by atoms with Gasteiger partial charge in [-0.3, -0.25) is 0 Å².